The molecule has 0 aromatic carbocycles. The molecule has 0 aliphatic rings. The van der Waals surface area contributed by atoms with Crippen LogP contribution in [0.2, 0.25) is 0 Å². The first-order valence-electron chi connectivity index (χ1n) is 6.00. The van der Waals surface area contributed by atoms with Crippen LogP contribution < -0.4 is 5.32 Å². The van der Waals surface area contributed by atoms with Crippen LogP contribution in [0.4, 0.5) is 4.79 Å². The van der Waals surface area contributed by atoms with Crippen LogP contribution in [0.3, 0.4) is 0 Å². The Bertz CT molecular complexity index is 408. The number of carbonyl (C=O) groups is 2. The van der Waals surface area contributed by atoms with Gasteiger partial charge >= 0.3 is 12.0 Å². The first-order valence-corrected chi connectivity index (χ1v) is 6.88. The van der Waals surface area contributed by atoms with Gasteiger partial charge in [-0.1, -0.05) is 6.07 Å². The summed E-state index contributed by atoms with van der Waals surface area (Å²) < 4.78 is 0. The van der Waals surface area contributed by atoms with E-state index in [1.807, 2.05) is 24.4 Å². The third-order valence-corrected chi connectivity index (χ3v) is 3.47. The first kappa shape index (κ1) is 15.5. The molecule has 1 rings (SSSR count). The lowest BCUT2D eigenvalue weighted by Crippen LogP contribution is -2.47. The Morgan fingerprint density at radius 2 is 2.26 bits per heavy atom. The fraction of sp³-hybridized carbons (Fsp3) is 0.500. The van der Waals surface area contributed by atoms with E-state index in [4.69, 9.17) is 10.2 Å². The summed E-state index contributed by atoms with van der Waals surface area (Å²) in [6.07, 6.45) is -0.00235. The summed E-state index contributed by atoms with van der Waals surface area (Å²) in [5.41, 5.74) is 0. The second-order valence-corrected chi connectivity index (χ2v) is 4.98. The summed E-state index contributed by atoms with van der Waals surface area (Å²) in [6.45, 7) is 2.48. The van der Waals surface area contributed by atoms with Crippen molar-refractivity contribution in [1.82, 2.24) is 10.2 Å². The Kier molecular flexibility index (Phi) is 6.31. The van der Waals surface area contributed by atoms with Gasteiger partial charge in [0.1, 0.15) is 6.04 Å². The van der Waals surface area contributed by atoms with Gasteiger partial charge in [0.2, 0.25) is 0 Å². The van der Waals surface area contributed by atoms with E-state index in [-0.39, 0.29) is 13.0 Å². The number of hydrogen-bond donors (Lipinski definition) is 3. The predicted octanol–water partition coefficient (Wildman–Crippen LogP) is 1.12. The number of carboxylic acid groups (broad SMARTS) is 1. The normalized spacial score (nSPS) is 11.9. The summed E-state index contributed by atoms with van der Waals surface area (Å²) in [4.78, 5) is 25.4. The molecule has 7 heteroatoms. The van der Waals surface area contributed by atoms with Gasteiger partial charge in [0, 0.05) is 24.4 Å². The second-order valence-electron chi connectivity index (χ2n) is 3.95. The lowest BCUT2D eigenvalue weighted by molar-refractivity contribution is -0.139. The highest BCUT2D eigenvalue weighted by Gasteiger charge is 2.22. The molecule has 19 heavy (non-hydrogen) atoms. The van der Waals surface area contributed by atoms with E-state index < -0.39 is 18.0 Å². The molecule has 6 nitrogen and oxygen atoms in total. The number of thiophene rings is 1. The van der Waals surface area contributed by atoms with E-state index >= 15 is 0 Å². The number of rotatable bonds is 7. The molecule has 1 aromatic rings. The quantitative estimate of drug-likeness (QED) is 0.700. The Balaban J connectivity index is 2.59. The fourth-order valence-electron chi connectivity index (χ4n) is 1.54. The van der Waals surface area contributed by atoms with E-state index in [0.717, 1.165) is 4.88 Å². The van der Waals surface area contributed by atoms with Gasteiger partial charge in [-0.3, -0.25) is 0 Å². The Hall–Kier alpha value is -1.60. The van der Waals surface area contributed by atoms with Gasteiger partial charge in [0.15, 0.2) is 0 Å². The Morgan fingerprint density at radius 1 is 1.53 bits per heavy atom. The Labute approximate surface area is 115 Å². The van der Waals surface area contributed by atoms with Crippen molar-refractivity contribution < 1.29 is 19.8 Å². The zero-order chi connectivity index (χ0) is 14.3. The van der Waals surface area contributed by atoms with Crippen molar-refractivity contribution in [3.63, 3.8) is 0 Å². The smallest absolute Gasteiger partial charge is 0.326 e. The minimum atomic E-state index is -1.14. The van der Waals surface area contributed by atoms with Crippen LogP contribution in [0, 0.1) is 0 Å². The number of aliphatic hydroxyl groups excluding tert-OH is 1. The minimum absolute atomic E-state index is 0.00235. The SMILES string of the molecule is CCN(Cc1cccs1)C(=O)N[C@@H](CCO)C(=O)O. The summed E-state index contributed by atoms with van der Waals surface area (Å²) >= 11 is 1.54. The van der Waals surface area contributed by atoms with Crippen molar-refractivity contribution in [2.45, 2.75) is 25.9 Å². The molecule has 0 bridgehead atoms. The first-order chi connectivity index (χ1) is 9.08. The lowest BCUT2D eigenvalue weighted by Gasteiger charge is -2.23. The molecular weight excluding hydrogens is 268 g/mol. The number of urea groups is 1. The topological polar surface area (TPSA) is 89.9 Å². The fourth-order valence-corrected chi connectivity index (χ4v) is 2.26. The zero-order valence-electron chi connectivity index (χ0n) is 10.7. The molecule has 1 atom stereocenters. The van der Waals surface area contributed by atoms with Crippen molar-refractivity contribution in [3.8, 4) is 0 Å². The van der Waals surface area contributed by atoms with E-state index in [1.54, 1.807) is 11.3 Å². The number of hydrogen-bond acceptors (Lipinski definition) is 4. The number of aliphatic carboxylic acids is 1. The number of nitrogens with one attached hydrogen (secondary N) is 1. The molecule has 0 radical (unpaired) electrons. The standard InChI is InChI=1S/C12H18N2O4S/c1-2-14(8-9-4-3-7-19-9)12(18)13-10(5-6-15)11(16)17/h3-4,7,10,15H,2,5-6,8H2,1H3,(H,13,18)(H,16,17)/t10-/m0/s1. The molecule has 0 saturated carbocycles. The molecule has 0 unspecified atom stereocenters. The van der Waals surface area contributed by atoms with Crippen molar-refractivity contribution in [2.75, 3.05) is 13.2 Å². The Morgan fingerprint density at radius 3 is 2.74 bits per heavy atom. The maximum Gasteiger partial charge on any atom is 0.326 e. The molecule has 0 spiro atoms. The molecule has 3 N–H and O–H groups in total. The van der Waals surface area contributed by atoms with Crippen LogP contribution in [0.25, 0.3) is 0 Å². The van der Waals surface area contributed by atoms with Gasteiger partial charge in [-0.25, -0.2) is 9.59 Å². The van der Waals surface area contributed by atoms with Crippen LogP contribution in [0.5, 0.6) is 0 Å². The number of nitrogens with zero attached hydrogens (tertiary/aromatic N) is 1. The highest BCUT2D eigenvalue weighted by molar-refractivity contribution is 7.09. The van der Waals surface area contributed by atoms with Crippen molar-refractivity contribution >= 4 is 23.3 Å². The summed E-state index contributed by atoms with van der Waals surface area (Å²) in [6, 6.07) is 2.33. The zero-order valence-corrected chi connectivity index (χ0v) is 11.5. The molecule has 1 heterocycles. The predicted molar refractivity (Wildman–Crippen MR) is 72.1 cm³/mol. The monoisotopic (exact) mass is 286 g/mol. The maximum atomic E-state index is 12.0. The molecule has 106 valence electrons. The van der Waals surface area contributed by atoms with E-state index in [2.05, 4.69) is 5.32 Å². The number of amides is 2. The molecule has 0 fully saturated rings. The number of aliphatic hydroxyl groups is 1. The van der Waals surface area contributed by atoms with E-state index in [0.29, 0.717) is 13.1 Å². The summed E-state index contributed by atoms with van der Waals surface area (Å²) in [7, 11) is 0. The van der Waals surface area contributed by atoms with Gasteiger partial charge in [0.25, 0.3) is 0 Å². The molecule has 0 saturated heterocycles. The van der Waals surface area contributed by atoms with Gasteiger partial charge in [-0.15, -0.1) is 11.3 Å². The lowest BCUT2D eigenvalue weighted by atomic mass is 10.2. The molecule has 1 aromatic heterocycles. The van der Waals surface area contributed by atoms with Gasteiger partial charge in [-0.05, 0) is 18.4 Å². The van der Waals surface area contributed by atoms with Crippen molar-refractivity contribution in [1.29, 1.82) is 0 Å². The third-order valence-electron chi connectivity index (χ3n) is 2.61. The van der Waals surface area contributed by atoms with Crippen LogP contribution in [0.1, 0.15) is 18.2 Å². The van der Waals surface area contributed by atoms with Crippen molar-refractivity contribution in [3.05, 3.63) is 22.4 Å². The molecule has 2 amide bonds. The van der Waals surface area contributed by atoms with E-state index in [1.165, 1.54) is 4.90 Å². The van der Waals surface area contributed by atoms with E-state index in [9.17, 15) is 9.59 Å². The highest BCUT2D eigenvalue weighted by Crippen LogP contribution is 2.12. The second kappa shape index (κ2) is 7.75. The van der Waals surface area contributed by atoms with Crippen LogP contribution in [-0.2, 0) is 11.3 Å². The highest BCUT2D eigenvalue weighted by atomic mass is 32.1. The summed E-state index contributed by atoms with van der Waals surface area (Å²) in [5.74, 6) is -1.14. The maximum absolute atomic E-state index is 12.0. The average Bonchev–Trinajstić information content (AvgIpc) is 2.87. The van der Waals surface area contributed by atoms with Gasteiger partial charge < -0.3 is 20.4 Å². The summed E-state index contributed by atoms with van der Waals surface area (Å²) in [5, 5.41) is 22.0. The molecular formula is C12H18N2O4S. The number of carbonyl (C=O) groups excluding carboxylic acids is 1. The average molecular weight is 286 g/mol. The van der Waals surface area contributed by atoms with Crippen LogP contribution >= 0.6 is 11.3 Å². The van der Waals surface area contributed by atoms with Crippen molar-refractivity contribution in [2.24, 2.45) is 0 Å². The van der Waals surface area contributed by atoms with Crippen LogP contribution in [-0.4, -0.2) is 46.3 Å². The van der Waals surface area contributed by atoms with Gasteiger partial charge in [0.05, 0.1) is 6.54 Å². The minimum Gasteiger partial charge on any atom is -0.480 e. The largest absolute Gasteiger partial charge is 0.480 e. The van der Waals surface area contributed by atoms with Gasteiger partial charge in [-0.2, -0.15) is 0 Å². The third kappa shape index (κ3) is 4.88. The molecule has 0 aliphatic carbocycles. The molecule has 0 aliphatic heterocycles. The number of carboxylic acids is 1. The van der Waals surface area contributed by atoms with Crippen LogP contribution in [0.15, 0.2) is 17.5 Å².